The summed E-state index contributed by atoms with van der Waals surface area (Å²) >= 11 is 0. The van der Waals surface area contributed by atoms with Gasteiger partial charge in [-0.15, -0.1) is 0 Å². The normalized spacial score (nSPS) is 14.9. The van der Waals surface area contributed by atoms with E-state index in [0.717, 1.165) is 30.2 Å². The third kappa shape index (κ3) is 2.38. The number of anilines is 2. The Labute approximate surface area is 113 Å². The Bertz CT molecular complexity index is 588. The number of hydrogen-bond acceptors (Lipinski definition) is 4. The van der Waals surface area contributed by atoms with Crippen LogP contribution in [0.15, 0.2) is 30.5 Å². The van der Waals surface area contributed by atoms with E-state index in [2.05, 4.69) is 33.9 Å². The fourth-order valence-electron chi connectivity index (χ4n) is 2.49. The highest BCUT2D eigenvalue weighted by molar-refractivity contribution is 5.74. The van der Waals surface area contributed by atoms with Crippen LogP contribution < -0.4 is 10.6 Å². The lowest BCUT2D eigenvalue weighted by Gasteiger charge is -2.16. The summed E-state index contributed by atoms with van der Waals surface area (Å²) in [6.07, 6.45) is 4.26. The smallest absolute Gasteiger partial charge is 0.227 e. The van der Waals surface area contributed by atoms with Crippen LogP contribution in [-0.4, -0.2) is 23.1 Å². The van der Waals surface area contributed by atoms with Crippen LogP contribution in [0.4, 0.5) is 11.8 Å². The minimum absolute atomic E-state index is 0.558. The molecule has 3 rings (SSSR count). The van der Waals surface area contributed by atoms with E-state index in [-0.39, 0.29) is 0 Å². The van der Waals surface area contributed by atoms with E-state index in [4.69, 9.17) is 5.73 Å². The molecule has 1 aromatic heterocycles. The van der Waals surface area contributed by atoms with Gasteiger partial charge in [0.15, 0.2) is 0 Å². The Kier molecular flexibility index (Phi) is 3.07. The van der Waals surface area contributed by atoms with Gasteiger partial charge in [-0.1, -0.05) is 29.8 Å². The van der Waals surface area contributed by atoms with Crippen molar-refractivity contribution >= 4 is 11.8 Å². The van der Waals surface area contributed by atoms with E-state index in [0.29, 0.717) is 5.82 Å². The Balaban J connectivity index is 1.95. The molecule has 0 aliphatic carbocycles. The van der Waals surface area contributed by atoms with Crippen molar-refractivity contribution < 1.29 is 0 Å². The molecule has 19 heavy (non-hydrogen) atoms. The van der Waals surface area contributed by atoms with E-state index in [1.54, 1.807) is 0 Å². The number of rotatable bonds is 2. The Hall–Kier alpha value is -2.10. The fraction of sp³-hybridized carbons (Fsp3) is 0.333. The molecule has 0 radical (unpaired) electrons. The highest BCUT2D eigenvalue weighted by Crippen LogP contribution is 2.26. The summed E-state index contributed by atoms with van der Waals surface area (Å²) in [4.78, 5) is 11.1. The molecule has 1 fully saturated rings. The van der Waals surface area contributed by atoms with Gasteiger partial charge in [0.1, 0.15) is 5.82 Å². The summed E-state index contributed by atoms with van der Waals surface area (Å²) in [5.41, 5.74) is 9.29. The van der Waals surface area contributed by atoms with Crippen LogP contribution in [0.25, 0.3) is 11.1 Å². The van der Waals surface area contributed by atoms with Crippen LogP contribution >= 0.6 is 0 Å². The molecule has 4 heteroatoms. The molecule has 0 atom stereocenters. The average Bonchev–Trinajstić information content (AvgIpc) is 2.92. The number of aromatic nitrogens is 2. The van der Waals surface area contributed by atoms with Gasteiger partial charge in [-0.05, 0) is 25.3 Å². The molecule has 2 N–H and O–H groups in total. The van der Waals surface area contributed by atoms with Gasteiger partial charge < -0.3 is 10.6 Å². The van der Waals surface area contributed by atoms with E-state index in [9.17, 15) is 0 Å². The minimum Gasteiger partial charge on any atom is -0.383 e. The predicted octanol–water partition coefficient (Wildman–Crippen LogP) is 2.63. The third-order valence-corrected chi connectivity index (χ3v) is 3.52. The lowest BCUT2D eigenvalue weighted by molar-refractivity contribution is 0.901. The zero-order valence-corrected chi connectivity index (χ0v) is 11.1. The quantitative estimate of drug-likeness (QED) is 0.895. The molecule has 2 aromatic rings. The molecule has 0 saturated carbocycles. The summed E-state index contributed by atoms with van der Waals surface area (Å²) in [7, 11) is 0. The molecule has 1 aromatic carbocycles. The van der Waals surface area contributed by atoms with Crippen LogP contribution in [-0.2, 0) is 0 Å². The standard InChI is InChI=1S/C15H18N4/c1-11-5-4-6-12(9-11)13-10-17-15(18-14(13)16)19-7-2-3-8-19/h4-6,9-10H,2-3,7-8H2,1H3,(H2,16,17,18). The van der Waals surface area contributed by atoms with Crippen LogP contribution in [0.3, 0.4) is 0 Å². The van der Waals surface area contributed by atoms with Crippen LogP contribution in [0.5, 0.6) is 0 Å². The maximum atomic E-state index is 6.09. The van der Waals surface area contributed by atoms with Gasteiger partial charge in [-0.25, -0.2) is 4.98 Å². The molecule has 0 bridgehead atoms. The van der Waals surface area contributed by atoms with Crippen molar-refractivity contribution in [3.8, 4) is 11.1 Å². The lowest BCUT2D eigenvalue weighted by Crippen LogP contribution is -2.20. The van der Waals surface area contributed by atoms with Crippen molar-refractivity contribution in [1.29, 1.82) is 0 Å². The first-order valence-electron chi connectivity index (χ1n) is 6.68. The van der Waals surface area contributed by atoms with Gasteiger partial charge in [-0.3, -0.25) is 0 Å². The first-order valence-corrected chi connectivity index (χ1v) is 6.68. The van der Waals surface area contributed by atoms with Gasteiger partial charge >= 0.3 is 0 Å². The SMILES string of the molecule is Cc1cccc(-c2cnc(N3CCCC3)nc2N)c1. The number of nitrogen functional groups attached to an aromatic ring is 1. The molecule has 1 aliphatic heterocycles. The number of hydrogen-bond donors (Lipinski definition) is 1. The van der Waals surface area contributed by atoms with Crippen molar-refractivity contribution in [2.24, 2.45) is 0 Å². The van der Waals surface area contributed by atoms with Crippen LogP contribution in [0.1, 0.15) is 18.4 Å². The third-order valence-electron chi connectivity index (χ3n) is 3.52. The van der Waals surface area contributed by atoms with Gasteiger partial charge in [-0.2, -0.15) is 4.98 Å². The number of nitrogens with zero attached hydrogens (tertiary/aromatic N) is 3. The Morgan fingerprint density at radius 2 is 2.00 bits per heavy atom. The second-order valence-corrected chi connectivity index (χ2v) is 5.03. The zero-order valence-electron chi connectivity index (χ0n) is 11.1. The van der Waals surface area contributed by atoms with Crippen molar-refractivity contribution in [3.05, 3.63) is 36.0 Å². The van der Waals surface area contributed by atoms with E-state index in [1.165, 1.54) is 18.4 Å². The molecule has 0 unspecified atom stereocenters. The number of aryl methyl sites for hydroxylation is 1. The van der Waals surface area contributed by atoms with E-state index >= 15 is 0 Å². The highest BCUT2D eigenvalue weighted by atomic mass is 15.3. The van der Waals surface area contributed by atoms with Gasteiger partial charge in [0.2, 0.25) is 5.95 Å². The summed E-state index contributed by atoms with van der Waals surface area (Å²) in [5, 5.41) is 0. The Morgan fingerprint density at radius 1 is 1.21 bits per heavy atom. The molecule has 4 nitrogen and oxygen atoms in total. The largest absolute Gasteiger partial charge is 0.383 e. The minimum atomic E-state index is 0.558. The molecule has 98 valence electrons. The molecular weight excluding hydrogens is 236 g/mol. The van der Waals surface area contributed by atoms with Crippen LogP contribution in [0.2, 0.25) is 0 Å². The average molecular weight is 254 g/mol. The number of benzene rings is 1. The van der Waals surface area contributed by atoms with Gasteiger partial charge in [0.25, 0.3) is 0 Å². The summed E-state index contributed by atoms with van der Waals surface area (Å²) < 4.78 is 0. The second-order valence-electron chi connectivity index (χ2n) is 5.03. The fourth-order valence-corrected chi connectivity index (χ4v) is 2.49. The van der Waals surface area contributed by atoms with Gasteiger partial charge in [0.05, 0.1) is 0 Å². The lowest BCUT2D eigenvalue weighted by atomic mass is 10.1. The van der Waals surface area contributed by atoms with E-state index in [1.807, 2.05) is 18.3 Å². The molecule has 1 aliphatic rings. The molecule has 0 amide bonds. The van der Waals surface area contributed by atoms with Crippen molar-refractivity contribution in [2.45, 2.75) is 19.8 Å². The van der Waals surface area contributed by atoms with E-state index < -0.39 is 0 Å². The number of nitrogens with two attached hydrogens (primary N) is 1. The maximum absolute atomic E-state index is 6.09. The summed E-state index contributed by atoms with van der Waals surface area (Å²) in [6, 6.07) is 8.24. The van der Waals surface area contributed by atoms with Crippen molar-refractivity contribution in [1.82, 2.24) is 9.97 Å². The summed E-state index contributed by atoms with van der Waals surface area (Å²) in [5.74, 6) is 1.31. The van der Waals surface area contributed by atoms with Crippen molar-refractivity contribution in [2.75, 3.05) is 23.7 Å². The summed E-state index contributed by atoms with van der Waals surface area (Å²) in [6.45, 7) is 4.13. The molecule has 0 spiro atoms. The van der Waals surface area contributed by atoms with Gasteiger partial charge in [0, 0.05) is 24.8 Å². The topological polar surface area (TPSA) is 55.0 Å². The van der Waals surface area contributed by atoms with Crippen LogP contribution in [0, 0.1) is 6.92 Å². The molecule has 2 heterocycles. The highest BCUT2D eigenvalue weighted by Gasteiger charge is 2.16. The van der Waals surface area contributed by atoms with Crippen molar-refractivity contribution in [3.63, 3.8) is 0 Å². The first kappa shape index (κ1) is 12.0. The second kappa shape index (κ2) is 4.88. The zero-order chi connectivity index (χ0) is 13.2. The first-order chi connectivity index (χ1) is 9.24. The Morgan fingerprint density at radius 3 is 2.68 bits per heavy atom. The maximum Gasteiger partial charge on any atom is 0.227 e. The predicted molar refractivity (Wildman–Crippen MR) is 78.1 cm³/mol. The monoisotopic (exact) mass is 254 g/mol. The molecular formula is C15H18N4. The molecule has 1 saturated heterocycles.